The minimum atomic E-state index is -4.43. The van der Waals surface area contributed by atoms with Gasteiger partial charge in [0.15, 0.2) is 0 Å². The topological polar surface area (TPSA) is 67.4 Å². The number of allylic oxidation sites excluding steroid dienone is 2. The summed E-state index contributed by atoms with van der Waals surface area (Å²) in [5.41, 5.74) is 3.37. The normalized spacial score (nSPS) is 13.8. The average Bonchev–Trinajstić information content (AvgIpc) is 2.86. The van der Waals surface area contributed by atoms with Crippen LogP contribution in [0.5, 0.6) is 5.75 Å². The molecule has 0 bridgehead atoms. The van der Waals surface area contributed by atoms with Gasteiger partial charge in [0.05, 0.1) is 11.7 Å². The van der Waals surface area contributed by atoms with Crippen LogP contribution in [-0.4, -0.2) is 17.9 Å². The van der Waals surface area contributed by atoms with E-state index in [4.69, 9.17) is 4.74 Å². The summed E-state index contributed by atoms with van der Waals surface area (Å²) in [4.78, 5) is 24.3. The first-order chi connectivity index (χ1) is 18.1. The van der Waals surface area contributed by atoms with Crippen molar-refractivity contribution in [2.75, 3.05) is 10.6 Å². The molecule has 8 heteroatoms. The van der Waals surface area contributed by atoms with E-state index in [1.54, 1.807) is 42.5 Å². The molecule has 0 aliphatic carbocycles. The minimum Gasteiger partial charge on any atom is -0.491 e. The number of ether oxygens (including phenoxy) is 1. The van der Waals surface area contributed by atoms with Gasteiger partial charge in [-0.2, -0.15) is 13.2 Å². The molecule has 4 rings (SSSR count). The lowest BCUT2D eigenvalue weighted by Gasteiger charge is -2.19. The van der Waals surface area contributed by atoms with Crippen LogP contribution in [0.25, 0.3) is 5.57 Å². The number of anilines is 2. The van der Waals surface area contributed by atoms with Crippen molar-refractivity contribution in [1.29, 1.82) is 0 Å². The second-order valence-corrected chi connectivity index (χ2v) is 9.07. The second-order valence-electron chi connectivity index (χ2n) is 9.07. The smallest absolute Gasteiger partial charge is 0.416 e. The summed E-state index contributed by atoms with van der Waals surface area (Å²) in [7, 11) is 0. The van der Waals surface area contributed by atoms with Gasteiger partial charge in [0.2, 0.25) is 11.8 Å². The number of amides is 2. The molecule has 1 aliphatic rings. The molecule has 2 amide bonds. The van der Waals surface area contributed by atoms with Gasteiger partial charge in [-0.3, -0.25) is 9.59 Å². The van der Waals surface area contributed by atoms with Crippen molar-refractivity contribution >= 4 is 28.8 Å². The molecular weight excluding hydrogens is 493 g/mol. The number of benzene rings is 3. The minimum absolute atomic E-state index is 0.00119. The summed E-state index contributed by atoms with van der Waals surface area (Å²) in [5, 5.41) is 5.64. The lowest BCUT2D eigenvalue weighted by atomic mass is 9.96. The number of alkyl halides is 3. The van der Waals surface area contributed by atoms with Crippen LogP contribution in [0.2, 0.25) is 0 Å². The molecule has 196 valence electrons. The lowest BCUT2D eigenvalue weighted by molar-refractivity contribution is -0.137. The summed E-state index contributed by atoms with van der Waals surface area (Å²) in [6.45, 7) is 3.83. The summed E-state index contributed by atoms with van der Waals surface area (Å²) < 4.78 is 44.9. The van der Waals surface area contributed by atoms with Crippen molar-refractivity contribution in [3.63, 3.8) is 0 Å². The molecule has 38 heavy (non-hydrogen) atoms. The van der Waals surface area contributed by atoms with Crippen LogP contribution < -0.4 is 15.4 Å². The largest absolute Gasteiger partial charge is 0.491 e. The third-order valence-electron chi connectivity index (χ3n) is 5.88. The first-order valence-corrected chi connectivity index (χ1v) is 12.2. The molecular formula is C30H27F3N2O3. The maximum absolute atomic E-state index is 13.1. The van der Waals surface area contributed by atoms with Gasteiger partial charge in [-0.15, -0.1) is 0 Å². The molecule has 0 atom stereocenters. The fourth-order valence-electron chi connectivity index (χ4n) is 4.13. The molecule has 0 saturated carbocycles. The first kappa shape index (κ1) is 26.7. The number of fused-ring (bicyclic) bond motifs is 1. The third-order valence-corrected chi connectivity index (χ3v) is 5.88. The van der Waals surface area contributed by atoms with Gasteiger partial charge in [-0.05, 0) is 78.9 Å². The second kappa shape index (κ2) is 11.4. The van der Waals surface area contributed by atoms with Gasteiger partial charge in [-0.1, -0.05) is 42.5 Å². The van der Waals surface area contributed by atoms with E-state index < -0.39 is 11.7 Å². The highest BCUT2D eigenvalue weighted by Gasteiger charge is 2.30. The molecule has 5 nitrogen and oxygen atoms in total. The number of carbonyl (C=O) groups excluding carboxylic acids is 2. The highest BCUT2D eigenvalue weighted by atomic mass is 19.4. The van der Waals surface area contributed by atoms with Gasteiger partial charge in [0.25, 0.3) is 0 Å². The van der Waals surface area contributed by atoms with E-state index in [2.05, 4.69) is 10.6 Å². The van der Waals surface area contributed by atoms with E-state index >= 15 is 0 Å². The van der Waals surface area contributed by atoms with E-state index in [0.29, 0.717) is 41.1 Å². The zero-order chi connectivity index (χ0) is 27.3. The zero-order valence-corrected chi connectivity index (χ0v) is 20.9. The standard InChI is InChI=1S/C30H27F3N2O3/c1-19(2)38-23-15-11-21(12-16-23)24(20-9-13-22(14-10-20)30(31,32)33)5-3-8-28(36)34-26-6-4-7-27-25(26)17-18-29(37)35-27/h3-16,19H,17-18H2,1-2H3,(H,34,36)(H,35,37)/b8-3+,24-5-. The maximum atomic E-state index is 13.1. The predicted molar refractivity (Wildman–Crippen MR) is 142 cm³/mol. The van der Waals surface area contributed by atoms with Crippen molar-refractivity contribution in [3.05, 3.63) is 107 Å². The fraction of sp³-hybridized carbons (Fsp3) is 0.200. The van der Waals surface area contributed by atoms with Gasteiger partial charge in [0.1, 0.15) is 5.75 Å². The summed E-state index contributed by atoms with van der Waals surface area (Å²) in [5.74, 6) is 0.234. The molecule has 0 saturated heterocycles. The quantitative estimate of drug-likeness (QED) is 0.260. The summed E-state index contributed by atoms with van der Waals surface area (Å²) in [6, 6.07) is 17.4. The highest BCUT2D eigenvalue weighted by Crippen LogP contribution is 2.32. The Bertz CT molecular complexity index is 1370. The summed E-state index contributed by atoms with van der Waals surface area (Å²) in [6.07, 6.45) is 1.01. The Balaban J connectivity index is 1.59. The Labute approximate surface area is 219 Å². The average molecular weight is 521 g/mol. The number of rotatable bonds is 7. The van der Waals surface area contributed by atoms with Crippen molar-refractivity contribution in [2.45, 2.75) is 39.0 Å². The molecule has 3 aromatic rings. The van der Waals surface area contributed by atoms with Crippen molar-refractivity contribution < 1.29 is 27.5 Å². The third kappa shape index (κ3) is 6.70. The predicted octanol–water partition coefficient (Wildman–Crippen LogP) is 7.00. The molecule has 0 aromatic heterocycles. The van der Waals surface area contributed by atoms with Crippen molar-refractivity contribution in [2.24, 2.45) is 0 Å². The van der Waals surface area contributed by atoms with Gasteiger partial charge < -0.3 is 15.4 Å². The Morgan fingerprint density at radius 3 is 2.26 bits per heavy atom. The molecule has 2 N–H and O–H groups in total. The highest BCUT2D eigenvalue weighted by molar-refractivity contribution is 6.02. The zero-order valence-electron chi connectivity index (χ0n) is 20.9. The van der Waals surface area contributed by atoms with Crippen LogP contribution in [0.1, 0.15) is 42.5 Å². The van der Waals surface area contributed by atoms with Crippen LogP contribution in [0.4, 0.5) is 24.5 Å². The van der Waals surface area contributed by atoms with Crippen molar-refractivity contribution in [3.8, 4) is 5.75 Å². The van der Waals surface area contributed by atoms with E-state index in [1.165, 1.54) is 18.2 Å². The lowest BCUT2D eigenvalue weighted by Crippen LogP contribution is -2.21. The Morgan fingerprint density at radius 2 is 1.63 bits per heavy atom. The van der Waals surface area contributed by atoms with E-state index in [0.717, 1.165) is 23.3 Å². The van der Waals surface area contributed by atoms with Crippen LogP contribution in [-0.2, 0) is 22.2 Å². The fourth-order valence-corrected chi connectivity index (χ4v) is 4.13. The Morgan fingerprint density at radius 1 is 0.974 bits per heavy atom. The van der Waals surface area contributed by atoms with E-state index in [-0.39, 0.29) is 17.9 Å². The van der Waals surface area contributed by atoms with E-state index in [9.17, 15) is 22.8 Å². The molecule has 0 spiro atoms. The molecule has 1 heterocycles. The number of hydrogen-bond acceptors (Lipinski definition) is 3. The molecule has 0 unspecified atom stereocenters. The number of carbonyl (C=O) groups is 2. The molecule has 1 aliphatic heterocycles. The van der Waals surface area contributed by atoms with Crippen LogP contribution in [0.3, 0.4) is 0 Å². The number of hydrogen-bond donors (Lipinski definition) is 2. The SMILES string of the molecule is CC(C)Oc1ccc(/C(=C\C=C\C(=O)Nc2cccc3c2CCC(=O)N3)c2ccc(C(F)(F)F)cc2)cc1. The van der Waals surface area contributed by atoms with Crippen LogP contribution in [0.15, 0.2) is 85.0 Å². The van der Waals surface area contributed by atoms with Crippen LogP contribution in [0, 0.1) is 0 Å². The monoisotopic (exact) mass is 520 g/mol. The van der Waals surface area contributed by atoms with E-state index in [1.807, 2.05) is 26.0 Å². The number of halogens is 3. The van der Waals surface area contributed by atoms with Crippen molar-refractivity contribution in [1.82, 2.24) is 0 Å². The molecule has 3 aromatic carbocycles. The molecule has 0 fully saturated rings. The number of nitrogens with one attached hydrogen (secondary N) is 2. The summed E-state index contributed by atoms with van der Waals surface area (Å²) >= 11 is 0. The Hall–Kier alpha value is -4.33. The van der Waals surface area contributed by atoms with Gasteiger partial charge in [-0.25, -0.2) is 0 Å². The maximum Gasteiger partial charge on any atom is 0.416 e. The first-order valence-electron chi connectivity index (χ1n) is 12.2. The molecule has 0 radical (unpaired) electrons. The van der Waals surface area contributed by atoms with Gasteiger partial charge in [0, 0.05) is 23.9 Å². The Kier molecular flexibility index (Phi) is 8.00. The van der Waals surface area contributed by atoms with Gasteiger partial charge >= 0.3 is 6.18 Å². The van der Waals surface area contributed by atoms with Crippen LogP contribution >= 0.6 is 0 Å².